The molecule has 174 valence electrons. The first-order chi connectivity index (χ1) is 15.7. The number of benzene rings is 1. The van der Waals surface area contributed by atoms with Gasteiger partial charge in [0.25, 0.3) is 11.8 Å². The van der Waals surface area contributed by atoms with Crippen molar-refractivity contribution in [3.8, 4) is 11.4 Å². The molecular weight excluding hydrogens is 465 g/mol. The molecule has 33 heavy (non-hydrogen) atoms. The Morgan fingerprint density at radius 3 is 2.67 bits per heavy atom. The molecule has 14 heteroatoms. The third-order valence-corrected chi connectivity index (χ3v) is 5.72. The molecule has 4 rings (SSSR count). The number of aryl methyl sites for hydroxylation is 1. The van der Waals surface area contributed by atoms with E-state index in [2.05, 4.69) is 29.6 Å². The number of morpholine rings is 1. The molecule has 2 amide bonds. The van der Waals surface area contributed by atoms with Crippen molar-refractivity contribution in [3.05, 3.63) is 46.3 Å². The zero-order chi connectivity index (χ0) is 23.6. The smallest absolute Gasteiger partial charge is 0.377 e. The van der Waals surface area contributed by atoms with Gasteiger partial charge < -0.3 is 19.5 Å². The molecule has 1 atom stereocenters. The molecule has 0 aliphatic carbocycles. The van der Waals surface area contributed by atoms with Gasteiger partial charge in [0.2, 0.25) is 5.82 Å². The van der Waals surface area contributed by atoms with E-state index in [-0.39, 0.29) is 42.1 Å². The van der Waals surface area contributed by atoms with Crippen molar-refractivity contribution in [2.75, 3.05) is 26.3 Å². The van der Waals surface area contributed by atoms with E-state index in [0.717, 1.165) is 11.5 Å². The molecule has 3 aromatic rings. The second-order valence-electron chi connectivity index (χ2n) is 7.12. The lowest BCUT2D eigenvalue weighted by atomic mass is 10.1. The Bertz CT molecular complexity index is 1150. The molecule has 1 aromatic carbocycles. The number of carbonyl (C=O) groups excluding carboxylic acids is 2. The van der Waals surface area contributed by atoms with Crippen LogP contribution in [0.15, 0.2) is 28.8 Å². The van der Waals surface area contributed by atoms with Crippen molar-refractivity contribution in [2.45, 2.75) is 19.1 Å². The van der Waals surface area contributed by atoms with Crippen molar-refractivity contribution >= 4 is 23.3 Å². The molecule has 0 radical (unpaired) electrons. The molecular formula is C19H17F3N6O4S. The highest BCUT2D eigenvalue weighted by Gasteiger charge is 2.38. The maximum atomic E-state index is 12.8. The van der Waals surface area contributed by atoms with Gasteiger partial charge in [-0.3, -0.25) is 9.59 Å². The molecule has 1 fully saturated rings. The summed E-state index contributed by atoms with van der Waals surface area (Å²) in [6, 6.07) is 5.32. The van der Waals surface area contributed by atoms with Crippen LogP contribution in [0.1, 0.15) is 31.6 Å². The number of aromatic nitrogens is 4. The average molecular weight is 482 g/mol. The van der Waals surface area contributed by atoms with Crippen molar-refractivity contribution in [1.82, 2.24) is 29.9 Å². The quantitative estimate of drug-likeness (QED) is 0.587. The molecule has 1 N–H and O–H groups in total. The number of nitrogens with zero attached hydrogens (tertiary/aromatic N) is 5. The van der Waals surface area contributed by atoms with Gasteiger partial charge in [0, 0.05) is 24.2 Å². The number of hydrogen-bond acceptors (Lipinski definition) is 9. The third-order valence-electron chi connectivity index (χ3n) is 4.91. The minimum Gasteiger partial charge on any atom is -0.377 e. The van der Waals surface area contributed by atoms with Gasteiger partial charge in [0.1, 0.15) is 4.88 Å². The van der Waals surface area contributed by atoms with Crippen LogP contribution in [0.4, 0.5) is 13.2 Å². The molecule has 0 bridgehead atoms. The zero-order valence-electron chi connectivity index (χ0n) is 17.1. The van der Waals surface area contributed by atoms with Crippen LogP contribution in [-0.4, -0.2) is 68.8 Å². The highest BCUT2D eigenvalue weighted by atomic mass is 32.1. The molecule has 1 aliphatic rings. The minimum absolute atomic E-state index is 0.150. The molecule has 0 saturated carbocycles. The van der Waals surface area contributed by atoms with Crippen LogP contribution < -0.4 is 5.32 Å². The van der Waals surface area contributed by atoms with Gasteiger partial charge in [-0.05, 0) is 30.6 Å². The van der Waals surface area contributed by atoms with E-state index in [1.807, 2.05) is 0 Å². The molecule has 1 saturated heterocycles. The van der Waals surface area contributed by atoms with Crippen LogP contribution in [0.2, 0.25) is 0 Å². The van der Waals surface area contributed by atoms with Crippen LogP contribution in [0.25, 0.3) is 11.4 Å². The van der Waals surface area contributed by atoms with Crippen LogP contribution >= 0.6 is 11.5 Å². The Morgan fingerprint density at radius 2 is 2.03 bits per heavy atom. The van der Waals surface area contributed by atoms with E-state index in [1.54, 1.807) is 11.8 Å². The average Bonchev–Trinajstić information content (AvgIpc) is 3.47. The number of amides is 2. The summed E-state index contributed by atoms with van der Waals surface area (Å²) in [6.07, 6.45) is -4.74. The fraction of sp³-hybridized carbons (Fsp3) is 0.368. The van der Waals surface area contributed by atoms with E-state index in [1.165, 1.54) is 24.3 Å². The second kappa shape index (κ2) is 9.23. The predicted octanol–water partition coefficient (Wildman–Crippen LogP) is 2.19. The number of rotatable bonds is 5. The van der Waals surface area contributed by atoms with Crippen molar-refractivity contribution in [3.63, 3.8) is 0 Å². The lowest BCUT2D eigenvalue weighted by Crippen LogP contribution is -2.53. The van der Waals surface area contributed by atoms with E-state index >= 15 is 0 Å². The van der Waals surface area contributed by atoms with Crippen LogP contribution in [-0.2, 0) is 10.9 Å². The zero-order valence-corrected chi connectivity index (χ0v) is 17.9. The first-order valence-corrected chi connectivity index (χ1v) is 10.5. The number of ether oxygens (including phenoxy) is 1. The molecule has 10 nitrogen and oxygen atoms in total. The Kier molecular flexibility index (Phi) is 6.37. The van der Waals surface area contributed by atoms with Gasteiger partial charge in [-0.1, -0.05) is 21.8 Å². The van der Waals surface area contributed by atoms with E-state index in [4.69, 9.17) is 4.74 Å². The van der Waals surface area contributed by atoms with Gasteiger partial charge in [0.15, 0.2) is 0 Å². The number of carbonyl (C=O) groups is 2. The lowest BCUT2D eigenvalue weighted by molar-refractivity contribution is -0.159. The van der Waals surface area contributed by atoms with Crippen molar-refractivity contribution < 1.29 is 32.0 Å². The van der Waals surface area contributed by atoms with Crippen molar-refractivity contribution in [1.29, 1.82) is 0 Å². The Balaban J connectivity index is 1.39. The summed E-state index contributed by atoms with van der Waals surface area (Å²) in [4.78, 5) is 30.8. The van der Waals surface area contributed by atoms with E-state index in [9.17, 15) is 22.8 Å². The van der Waals surface area contributed by atoms with Gasteiger partial charge >= 0.3 is 12.1 Å². The van der Waals surface area contributed by atoms with Crippen LogP contribution in [0, 0.1) is 6.92 Å². The Labute approximate surface area is 188 Å². The van der Waals surface area contributed by atoms with Gasteiger partial charge in [-0.15, -0.1) is 5.10 Å². The Morgan fingerprint density at radius 1 is 1.27 bits per heavy atom. The fourth-order valence-corrected chi connectivity index (χ4v) is 3.80. The number of halogens is 3. The number of nitrogens with one attached hydrogen (secondary N) is 1. The largest absolute Gasteiger partial charge is 0.471 e. The lowest BCUT2D eigenvalue weighted by Gasteiger charge is -2.35. The standard InChI is InChI=1S/C19H17F3N6O4S/c1-10-14(33-27-25-10)17(30)28-6-7-31-9-13(28)8-23-16(29)12-4-2-11(3-5-12)15-24-18(32-26-15)19(20,21)22/h2-5,13H,6-9H2,1H3,(H,23,29). The Hall–Kier alpha value is -3.39. The molecule has 0 spiro atoms. The summed E-state index contributed by atoms with van der Waals surface area (Å²) >= 11 is 1.02. The van der Waals surface area contributed by atoms with Crippen molar-refractivity contribution in [2.24, 2.45) is 0 Å². The van der Waals surface area contributed by atoms with Crippen LogP contribution in [0.5, 0.6) is 0 Å². The summed E-state index contributed by atoms with van der Waals surface area (Å²) in [6.45, 7) is 2.87. The molecule has 1 aliphatic heterocycles. The second-order valence-corrected chi connectivity index (χ2v) is 7.88. The highest BCUT2D eigenvalue weighted by Crippen LogP contribution is 2.29. The minimum atomic E-state index is -4.74. The summed E-state index contributed by atoms with van der Waals surface area (Å²) in [7, 11) is 0. The van der Waals surface area contributed by atoms with E-state index in [0.29, 0.717) is 23.7 Å². The summed E-state index contributed by atoms with van der Waals surface area (Å²) in [5, 5.41) is 9.93. The fourth-order valence-electron chi connectivity index (χ4n) is 3.19. The maximum absolute atomic E-state index is 12.8. The topological polar surface area (TPSA) is 123 Å². The third kappa shape index (κ3) is 5.01. The van der Waals surface area contributed by atoms with E-state index < -0.39 is 18.0 Å². The normalized spacial score (nSPS) is 16.6. The van der Waals surface area contributed by atoms with Gasteiger partial charge in [-0.2, -0.15) is 18.2 Å². The number of hydrogen-bond donors (Lipinski definition) is 1. The molecule has 1 unspecified atom stereocenters. The molecule has 2 aromatic heterocycles. The van der Waals surface area contributed by atoms with Gasteiger partial charge in [0.05, 0.1) is 24.9 Å². The number of alkyl halides is 3. The first-order valence-electron chi connectivity index (χ1n) is 9.71. The summed E-state index contributed by atoms with van der Waals surface area (Å²) in [5.74, 6) is -2.32. The predicted molar refractivity (Wildman–Crippen MR) is 107 cm³/mol. The summed E-state index contributed by atoms with van der Waals surface area (Å²) < 4.78 is 51.3. The summed E-state index contributed by atoms with van der Waals surface area (Å²) in [5.41, 5.74) is 1.08. The maximum Gasteiger partial charge on any atom is 0.471 e. The van der Waals surface area contributed by atoms with Gasteiger partial charge in [-0.25, -0.2) is 0 Å². The highest BCUT2D eigenvalue weighted by molar-refractivity contribution is 7.07. The molecule has 3 heterocycles. The first kappa shape index (κ1) is 22.8. The SMILES string of the molecule is Cc1nnsc1C(=O)N1CCOCC1CNC(=O)c1ccc(-c2noc(C(F)(F)F)n2)cc1. The monoisotopic (exact) mass is 482 g/mol. The van der Waals surface area contributed by atoms with Crippen LogP contribution in [0.3, 0.4) is 0 Å².